The molecule has 4 nitrogen and oxygen atoms in total. The minimum absolute atomic E-state index is 0.294. The number of nitrogens with zero attached hydrogens (tertiary/aromatic N) is 2. The maximum Gasteiger partial charge on any atom is 0.0820 e. The van der Waals surface area contributed by atoms with Crippen molar-refractivity contribution in [2.24, 2.45) is 0 Å². The molecule has 0 spiro atoms. The number of aryl methyl sites for hydroxylation is 1. The lowest BCUT2D eigenvalue weighted by atomic mass is 10.0. The molecule has 0 bridgehead atoms. The number of hydrogen-bond acceptors (Lipinski definition) is 4. The Labute approximate surface area is 142 Å². The highest BCUT2D eigenvalue weighted by atomic mass is 35.5. The van der Waals surface area contributed by atoms with E-state index in [2.05, 4.69) is 46.4 Å². The van der Waals surface area contributed by atoms with Crippen LogP contribution < -0.4 is 5.32 Å². The number of halogens is 1. The third-order valence-corrected chi connectivity index (χ3v) is 4.47. The predicted molar refractivity (Wildman–Crippen MR) is 94.0 cm³/mol. The molecular formula is C18H22ClN3O. The number of rotatable bonds is 5. The van der Waals surface area contributed by atoms with Gasteiger partial charge in [-0.15, -0.1) is 0 Å². The lowest BCUT2D eigenvalue weighted by Gasteiger charge is -2.35. The predicted octanol–water partition coefficient (Wildman–Crippen LogP) is 3.53. The van der Waals surface area contributed by atoms with Gasteiger partial charge in [0.2, 0.25) is 0 Å². The topological polar surface area (TPSA) is 37.4 Å². The van der Waals surface area contributed by atoms with Gasteiger partial charge in [0.15, 0.2) is 0 Å². The van der Waals surface area contributed by atoms with Crippen LogP contribution in [0.3, 0.4) is 0 Å². The molecule has 122 valence electrons. The minimum Gasteiger partial charge on any atom is -0.382 e. The van der Waals surface area contributed by atoms with Crippen LogP contribution in [0.25, 0.3) is 0 Å². The molecule has 3 rings (SSSR count). The van der Waals surface area contributed by atoms with Gasteiger partial charge in [-0.3, -0.25) is 9.88 Å². The van der Waals surface area contributed by atoms with Crippen molar-refractivity contribution in [3.05, 3.63) is 58.9 Å². The summed E-state index contributed by atoms with van der Waals surface area (Å²) in [5.41, 5.74) is 3.53. The van der Waals surface area contributed by atoms with Gasteiger partial charge in [-0.2, -0.15) is 0 Å². The summed E-state index contributed by atoms with van der Waals surface area (Å²) in [4.78, 5) is 6.51. The third-order valence-electron chi connectivity index (χ3n) is 4.17. The molecule has 0 saturated carbocycles. The van der Waals surface area contributed by atoms with Crippen molar-refractivity contribution in [3.8, 4) is 0 Å². The number of aromatic nitrogens is 1. The first kappa shape index (κ1) is 16.2. The molecule has 0 aliphatic carbocycles. The fourth-order valence-corrected chi connectivity index (χ4v) is 3.14. The third kappa shape index (κ3) is 4.22. The Balaban J connectivity index is 1.78. The Morgan fingerprint density at radius 3 is 2.87 bits per heavy atom. The fourth-order valence-electron chi connectivity index (χ4n) is 2.95. The molecule has 1 atom stereocenters. The number of ether oxygens (including phenoxy) is 1. The summed E-state index contributed by atoms with van der Waals surface area (Å²) in [5, 5.41) is 4.12. The molecule has 1 fully saturated rings. The number of nitrogens with one attached hydrogen (secondary N) is 1. The second-order valence-corrected chi connectivity index (χ2v) is 6.22. The molecule has 2 aromatic rings. The van der Waals surface area contributed by atoms with E-state index >= 15 is 0 Å². The number of hydrogen-bond donors (Lipinski definition) is 1. The molecular weight excluding hydrogens is 310 g/mol. The zero-order valence-electron chi connectivity index (χ0n) is 13.3. The highest BCUT2D eigenvalue weighted by Gasteiger charge is 2.22. The molecule has 5 heteroatoms. The zero-order chi connectivity index (χ0) is 16.1. The van der Waals surface area contributed by atoms with Crippen LogP contribution in [0.15, 0.2) is 42.7 Å². The van der Waals surface area contributed by atoms with Crippen LogP contribution >= 0.6 is 11.6 Å². The smallest absolute Gasteiger partial charge is 0.0820 e. The number of anilines is 1. The van der Waals surface area contributed by atoms with Gasteiger partial charge in [0.1, 0.15) is 0 Å². The molecule has 1 N–H and O–H groups in total. The Kier molecular flexibility index (Phi) is 5.49. The van der Waals surface area contributed by atoms with Crippen molar-refractivity contribution < 1.29 is 4.74 Å². The van der Waals surface area contributed by atoms with Gasteiger partial charge in [-0.1, -0.05) is 41.4 Å². The van der Waals surface area contributed by atoms with Crippen LogP contribution in [0.1, 0.15) is 17.2 Å². The Hall–Kier alpha value is -1.62. The van der Waals surface area contributed by atoms with E-state index in [9.17, 15) is 0 Å². The Morgan fingerprint density at radius 1 is 1.30 bits per heavy atom. The highest BCUT2D eigenvalue weighted by molar-refractivity contribution is 6.33. The maximum absolute atomic E-state index is 6.21. The van der Waals surface area contributed by atoms with Gasteiger partial charge in [0.25, 0.3) is 0 Å². The molecule has 2 heterocycles. The van der Waals surface area contributed by atoms with Crippen molar-refractivity contribution in [2.75, 3.05) is 38.2 Å². The number of morpholine rings is 1. The van der Waals surface area contributed by atoms with E-state index in [0.29, 0.717) is 11.1 Å². The summed E-state index contributed by atoms with van der Waals surface area (Å²) >= 11 is 6.21. The molecule has 23 heavy (non-hydrogen) atoms. The summed E-state index contributed by atoms with van der Waals surface area (Å²) in [6.45, 7) is 6.41. The normalized spacial score (nSPS) is 17.0. The summed E-state index contributed by atoms with van der Waals surface area (Å²) < 4.78 is 5.50. The molecule has 1 unspecified atom stereocenters. The highest BCUT2D eigenvalue weighted by Crippen LogP contribution is 2.25. The molecule has 1 aromatic carbocycles. The summed E-state index contributed by atoms with van der Waals surface area (Å²) in [5.74, 6) is 0. The molecule has 0 amide bonds. The molecule has 1 aromatic heterocycles. The van der Waals surface area contributed by atoms with E-state index in [0.717, 1.165) is 38.5 Å². The largest absolute Gasteiger partial charge is 0.382 e. The van der Waals surface area contributed by atoms with Gasteiger partial charge in [0.05, 0.1) is 30.0 Å². The van der Waals surface area contributed by atoms with Gasteiger partial charge < -0.3 is 10.1 Å². The standard InChI is InChI=1S/C18H22ClN3O/c1-14-3-2-4-15(11-14)18(22-7-9-23-10-8-22)13-21-17-5-6-20-12-16(17)19/h2-6,11-12,18H,7-10,13H2,1H3,(H,20,21). The summed E-state index contributed by atoms with van der Waals surface area (Å²) in [6.07, 6.45) is 3.42. The monoisotopic (exact) mass is 331 g/mol. The van der Waals surface area contributed by atoms with Crippen LogP contribution in [-0.2, 0) is 4.74 Å². The van der Waals surface area contributed by atoms with Gasteiger partial charge >= 0.3 is 0 Å². The van der Waals surface area contributed by atoms with Gasteiger partial charge in [0, 0.05) is 32.0 Å². The Bertz CT molecular complexity index is 644. The van der Waals surface area contributed by atoms with E-state index in [-0.39, 0.29) is 0 Å². The lowest BCUT2D eigenvalue weighted by Crippen LogP contribution is -2.41. The molecule has 0 radical (unpaired) electrons. The SMILES string of the molecule is Cc1cccc(C(CNc2ccncc2Cl)N2CCOCC2)c1. The average molecular weight is 332 g/mol. The van der Waals surface area contributed by atoms with Crippen molar-refractivity contribution in [3.63, 3.8) is 0 Å². The average Bonchev–Trinajstić information content (AvgIpc) is 2.58. The van der Waals surface area contributed by atoms with Crippen LogP contribution in [0.5, 0.6) is 0 Å². The van der Waals surface area contributed by atoms with E-state index in [1.54, 1.807) is 12.4 Å². The van der Waals surface area contributed by atoms with E-state index in [4.69, 9.17) is 16.3 Å². The second kappa shape index (κ2) is 7.77. The Morgan fingerprint density at radius 2 is 2.13 bits per heavy atom. The van der Waals surface area contributed by atoms with Gasteiger partial charge in [-0.25, -0.2) is 0 Å². The fraction of sp³-hybridized carbons (Fsp3) is 0.389. The first-order chi connectivity index (χ1) is 11.2. The van der Waals surface area contributed by atoms with E-state index in [1.165, 1.54) is 11.1 Å². The molecule has 1 aliphatic rings. The van der Waals surface area contributed by atoms with Gasteiger partial charge in [-0.05, 0) is 18.6 Å². The number of benzene rings is 1. The van der Waals surface area contributed by atoms with Crippen molar-refractivity contribution in [1.29, 1.82) is 0 Å². The summed E-state index contributed by atoms with van der Waals surface area (Å²) in [7, 11) is 0. The minimum atomic E-state index is 0.294. The van der Waals surface area contributed by atoms with Crippen LogP contribution in [0, 0.1) is 6.92 Å². The lowest BCUT2D eigenvalue weighted by molar-refractivity contribution is 0.0187. The number of pyridine rings is 1. The van der Waals surface area contributed by atoms with Crippen molar-refractivity contribution >= 4 is 17.3 Å². The quantitative estimate of drug-likeness (QED) is 0.909. The maximum atomic E-state index is 6.21. The first-order valence-corrected chi connectivity index (χ1v) is 8.33. The molecule has 1 aliphatic heterocycles. The second-order valence-electron chi connectivity index (χ2n) is 5.81. The van der Waals surface area contributed by atoms with Crippen molar-refractivity contribution in [2.45, 2.75) is 13.0 Å². The summed E-state index contributed by atoms with van der Waals surface area (Å²) in [6, 6.07) is 10.9. The van der Waals surface area contributed by atoms with E-state index in [1.807, 2.05) is 6.07 Å². The first-order valence-electron chi connectivity index (χ1n) is 7.96. The van der Waals surface area contributed by atoms with E-state index < -0.39 is 0 Å². The van der Waals surface area contributed by atoms with Crippen molar-refractivity contribution in [1.82, 2.24) is 9.88 Å². The van der Waals surface area contributed by atoms with Crippen LogP contribution in [-0.4, -0.2) is 42.7 Å². The zero-order valence-corrected chi connectivity index (χ0v) is 14.1. The van der Waals surface area contributed by atoms with Crippen LogP contribution in [0.2, 0.25) is 5.02 Å². The molecule has 1 saturated heterocycles. The van der Waals surface area contributed by atoms with Crippen LogP contribution in [0.4, 0.5) is 5.69 Å².